The first-order chi connectivity index (χ1) is 9.72. The maximum absolute atomic E-state index is 12.2. The van der Waals surface area contributed by atoms with Crippen molar-refractivity contribution in [3.63, 3.8) is 0 Å². The van der Waals surface area contributed by atoms with Gasteiger partial charge in [-0.3, -0.25) is 4.79 Å². The second-order valence-electron chi connectivity index (χ2n) is 5.67. The largest absolute Gasteiger partial charge is 0.347 e. The Balaban J connectivity index is 1.91. The number of aryl methyl sites for hydroxylation is 1. The fourth-order valence-electron chi connectivity index (χ4n) is 3.23. The summed E-state index contributed by atoms with van der Waals surface area (Å²) in [6, 6.07) is 8.50. The number of nitrogens with zero attached hydrogens (tertiary/aromatic N) is 2. The van der Waals surface area contributed by atoms with Crippen LogP contribution in [0.5, 0.6) is 0 Å². The summed E-state index contributed by atoms with van der Waals surface area (Å²) in [7, 11) is 2.13. The number of rotatable bonds is 3. The smallest absolute Gasteiger partial charge is 0.222 e. The molecule has 1 aromatic heterocycles. The zero-order chi connectivity index (χ0) is 14.1. The average molecular weight is 270 g/mol. The van der Waals surface area contributed by atoms with Crippen LogP contribution in [0.2, 0.25) is 0 Å². The number of amides is 1. The molecule has 2 heterocycles. The van der Waals surface area contributed by atoms with Gasteiger partial charge < -0.3 is 9.47 Å². The molecule has 3 heteroatoms. The van der Waals surface area contributed by atoms with E-state index in [1.807, 2.05) is 4.90 Å². The number of aromatic nitrogens is 1. The lowest BCUT2D eigenvalue weighted by Gasteiger charge is -2.28. The number of unbranched alkanes of at least 4 members (excludes halogenated alkanes) is 1. The third kappa shape index (κ3) is 2.11. The Morgan fingerprint density at radius 3 is 2.90 bits per heavy atom. The van der Waals surface area contributed by atoms with Crippen LogP contribution in [0.1, 0.15) is 37.4 Å². The van der Waals surface area contributed by atoms with Crippen molar-refractivity contribution in [1.29, 1.82) is 0 Å². The molecular weight excluding hydrogens is 248 g/mol. The lowest BCUT2D eigenvalue weighted by atomic mass is 10.0. The Bertz CT molecular complexity index is 642. The maximum Gasteiger partial charge on any atom is 0.222 e. The van der Waals surface area contributed by atoms with Gasteiger partial charge in [0.2, 0.25) is 5.91 Å². The molecule has 0 bridgehead atoms. The molecule has 1 aliphatic heterocycles. The average Bonchev–Trinajstić information content (AvgIpc) is 2.78. The zero-order valence-corrected chi connectivity index (χ0v) is 12.4. The Labute approximate surface area is 120 Å². The second kappa shape index (κ2) is 5.31. The summed E-state index contributed by atoms with van der Waals surface area (Å²) in [6.07, 6.45) is 3.74. The number of carbonyl (C=O) groups excluding carboxylic acids is 1. The van der Waals surface area contributed by atoms with Crippen molar-refractivity contribution in [2.24, 2.45) is 7.05 Å². The summed E-state index contributed by atoms with van der Waals surface area (Å²) >= 11 is 0. The number of para-hydroxylation sites is 1. The summed E-state index contributed by atoms with van der Waals surface area (Å²) in [5.74, 6) is 0.311. The number of carbonyl (C=O) groups is 1. The lowest BCUT2D eigenvalue weighted by molar-refractivity contribution is -0.132. The van der Waals surface area contributed by atoms with E-state index < -0.39 is 0 Å². The van der Waals surface area contributed by atoms with Crippen LogP contribution in [0.3, 0.4) is 0 Å². The maximum atomic E-state index is 12.2. The molecule has 0 fully saturated rings. The molecule has 0 spiro atoms. The molecule has 3 rings (SSSR count). The Kier molecular flexibility index (Phi) is 3.51. The van der Waals surface area contributed by atoms with Crippen molar-refractivity contribution < 1.29 is 4.79 Å². The lowest BCUT2D eigenvalue weighted by Crippen LogP contribution is -2.36. The number of hydrogen-bond acceptors (Lipinski definition) is 1. The fraction of sp³-hybridized carbons (Fsp3) is 0.471. The highest BCUT2D eigenvalue weighted by atomic mass is 16.2. The number of fused-ring (bicyclic) bond motifs is 3. The standard InChI is InChI=1S/C17H22N2O/c1-3-4-9-17(20)19-11-10-16-14(12-19)13-7-5-6-8-15(13)18(16)2/h5-8H,3-4,9-12H2,1-2H3. The van der Waals surface area contributed by atoms with E-state index in [1.165, 1.54) is 22.2 Å². The topological polar surface area (TPSA) is 25.2 Å². The van der Waals surface area contributed by atoms with Gasteiger partial charge in [-0.1, -0.05) is 31.5 Å². The van der Waals surface area contributed by atoms with Crippen LogP contribution in [0, 0.1) is 0 Å². The van der Waals surface area contributed by atoms with Crippen molar-refractivity contribution >= 4 is 16.8 Å². The van der Waals surface area contributed by atoms with Crippen LogP contribution in [0.25, 0.3) is 10.9 Å². The highest BCUT2D eigenvalue weighted by molar-refractivity contribution is 5.86. The minimum atomic E-state index is 0.311. The summed E-state index contributed by atoms with van der Waals surface area (Å²) in [5, 5.41) is 1.30. The molecule has 106 valence electrons. The minimum absolute atomic E-state index is 0.311. The summed E-state index contributed by atoms with van der Waals surface area (Å²) in [4.78, 5) is 14.3. The van der Waals surface area contributed by atoms with Crippen LogP contribution < -0.4 is 0 Å². The molecule has 1 amide bonds. The van der Waals surface area contributed by atoms with Gasteiger partial charge in [0.25, 0.3) is 0 Å². The van der Waals surface area contributed by atoms with Gasteiger partial charge in [0.05, 0.1) is 0 Å². The second-order valence-corrected chi connectivity index (χ2v) is 5.67. The van der Waals surface area contributed by atoms with E-state index >= 15 is 0 Å². The molecule has 0 unspecified atom stereocenters. The molecule has 0 atom stereocenters. The molecule has 0 saturated heterocycles. The molecule has 1 aromatic carbocycles. The van der Waals surface area contributed by atoms with E-state index in [-0.39, 0.29) is 0 Å². The van der Waals surface area contributed by atoms with Crippen molar-refractivity contribution in [2.75, 3.05) is 6.54 Å². The molecule has 2 aromatic rings. The molecule has 3 nitrogen and oxygen atoms in total. The normalized spacial score (nSPS) is 14.6. The minimum Gasteiger partial charge on any atom is -0.347 e. The summed E-state index contributed by atoms with van der Waals surface area (Å²) in [6.45, 7) is 3.77. The molecular formula is C17H22N2O. The van der Waals surface area contributed by atoms with Crippen LogP contribution in [-0.2, 0) is 24.8 Å². The first kappa shape index (κ1) is 13.2. The van der Waals surface area contributed by atoms with Crippen molar-refractivity contribution in [2.45, 2.75) is 39.2 Å². The van der Waals surface area contributed by atoms with Gasteiger partial charge in [0.15, 0.2) is 0 Å². The van der Waals surface area contributed by atoms with Gasteiger partial charge in [-0.25, -0.2) is 0 Å². The Morgan fingerprint density at radius 1 is 1.30 bits per heavy atom. The van der Waals surface area contributed by atoms with Gasteiger partial charge in [0, 0.05) is 55.1 Å². The van der Waals surface area contributed by atoms with Crippen molar-refractivity contribution in [3.8, 4) is 0 Å². The van der Waals surface area contributed by atoms with E-state index in [4.69, 9.17) is 0 Å². The zero-order valence-electron chi connectivity index (χ0n) is 12.4. The van der Waals surface area contributed by atoms with Gasteiger partial charge in [-0.2, -0.15) is 0 Å². The Morgan fingerprint density at radius 2 is 2.10 bits per heavy atom. The van der Waals surface area contributed by atoms with E-state index in [2.05, 4.69) is 42.8 Å². The third-order valence-corrected chi connectivity index (χ3v) is 4.41. The van der Waals surface area contributed by atoms with E-state index in [0.29, 0.717) is 12.3 Å². The molecule has 20 heavy (non-hydrogen) atoms. The summed E-state index contributed by atoms with van der Waals surface area (Å²) in [5.41, 5.74) is 4.02. The predicted octanol–water partition coefficient (Wildman–Crippen LogP) is 3.25. The predicted molar refractivity (Wildman–Crippen MR) is 81.6 cm³/mol. The molecule has 0 N–H and O–H groups in total. The van der Waals surface area contributed by atoms with Crippen molar-refractivity contribution in [3.05, 3.63) is 35.5 Å². The molecule has 1 aliphatic rings. The molecule has 0 radical (unpaired) electrons. The first-order valence-corrected chi connectivity index (χ1v) is 7.55. The van der Waals surface area contributed by atoms with E-state index in [9.17, 15) is 4.79 Å². The highest BCUT2D eigenvalue weighted by Gasteiger charge is 2.24. The number of hydrogen-bond donors (Lipinski definition) is 0. The number of benzene rings is 1. The van der Waals surface area contributed by atoms with Crippen LogP contribution >= 0.6 is 0 Å². The van der Waals surface area contributed by atoms with E-state index in [1.54, 1.807) is 0 Å². The quantitative estimate of drug-likeness (QED) is 0.840. The SMILES string of the molecule is CCCCC(=O)N1CCc2c(c3ccccc3n2C)C1. The van der Waals surface area contributed by atoms with Crippen LogP contribution in [0.4, 0.5) is 0 Å². The van der Waals surface area contributed by atoms with Gasteiger partial charge in [0.1, 0.15) is 0 Å². The molecule has 0 aliphatic carbocycles. The Hall–Kier alpha value is -1.77. The monoisotopic (exact) mass is 270 g/mol. The van der Waals surface area contributed by atoms with Gasteiger partial charge >= 0.3 is 0 Å². The summed E-state index contributed by atoms with van der Waals surface area (Å²) < 4.78 is 2.29. The van der Waals surface area contributed by atoms with E-state index in [0.717, 1.165) is 32.4 Å². The third-order valence-electron chi connectivity index (χ3n) is 4.41. The first-order valence-electron chi connectivity index (χ1n) is 7.55. The highest BCUT2D eigenvalue weighted by Crippen LogP contribution is 2.30. The van der Waals surface area contributed by atoms with Gasteiger partial charge in [-0.15, -0.1) is 0 Å². The molecule has 0 saturated carbocycles. The van der Waals surface area contributed by atoms with Crippen molar-refractivity contribution in [1.82, 2.24) is 9.47 Å². The van der Waals surface area contributed by atoms with Crippen LogP contribution in [-0.4, -0.2) is 21.9 Å². The fourth-order valence-corrected chi connectivity index (χ4v) is 3.23. The van der Waals surface area contributed by atoms with Crippen LogP contribution in [0.15, 0.2) is 24.3 Å². The van der Waals surface area contributed by atoms with Gasteiger partial charge in [-0.05, 0) is 12.5 Å².